The average Bonchev–Trinajstić information content (AvgIpc) is 3.50. The van der Waals surface area contributed by atoms with Crippen LogP contribution in [0.5, 0.6) is 0 Å². The molecule has 2 unspecified atom stereocenters. The Hall–Kier alpha value is -2.67. The van der Waals surface area contributed by atoms with Crippen LogP contribution in [0.15, 0.2) is 78.1 Å². The monoisotopic (exact) mass is 404 g/mol. The number of nitrogens with one attached hydrogen (secondary N) is 3. The molecule has 0 radical (unpaired) electrons. The SMILES string of the molecule is [O-][S+](Nc1cccc(C2CCN(Cc3c[nH]c4ccccc34)C2)c1)c1ccc[nH]1. The van der Waals surface area contributed by atoms with Crippen molar-refractivity contribution in [1.29, 1.82) is 0 Å². The highest BCUT2D eigenvalue weighted by Gasteiger charge is 2.25. The minimum absolute atomic E-state index is 0.501. The number of fused-ring (bicyclic) bond motifs is 1. The number of hydrogen-bond donors (Lipinski definition) is 3. The van der Waals surface area contributed by atoms with Gasteiger partial charge in [0.25, 0.3) is 0 Å². The van der Waals surface area contributed by atoms with Crippen LogP contribution in [-0.2, 0) is 17.9 Å². The number of para-hydroxylation sites is 1. The van der Waals surface area contributed by atoms with Gasteiger partial charge < -0.3 is 14.5 Å². The summed E-state index contributed by atoms with van der Waals surface area (Å²) in [4.78, 5) is 8.90. The lowest BCUT2D eigenvalue weighted by atomic mass is 9.98. The molecule has 0 bridgehead atoms. The molecule has 148 valence electrons. The Morgan fingerprint density at radius 2 is 2.00 bits per heavy atom. The molecule has 1 saturated heterocycles. The Labute approximate surface area is 173 Å². The number of nitrogens with zero attached hydrogens (tertiary/aromatic N) is 1. The molecule has 1 aliphatic heterocycles. The van der Waals surface area contributed by atoms with Gasteiger partial charge >= 0.3 is 0 Å². The molecule has 0 amide bonds. The van der Waals surface area contributed by atoms with Crippen LogP contribution in [0.3, 0.4) is 0 Å². The second-order valence-electron chi connectivity index (χ2n) is 7.61. The molecule has 6 heteroatoms. The number of hydrogen-bond acceptors (Lipinski definition) is 3. The highest BCUT2D eigenvalue weighted by molar-refractivity contribution is 7.92. The Morgan fingerprint density at radius 3 is 2.90 bits per heavy atom. The minimum atomic E-state index is -1.27. The summed E-state index contributed by atoms with van der Waals surface area (Å²) >= 11 is -1.27. The fourth-order valence-corrected chi connectivity index (χ4v) is 5.03. The maximum atomic E-state index is 12.4. The Balaban J connectivity index is 1.25. The highest BCUT2D eigenvalue weighted by Crippen LogP contribution is 2.31. The third-order valence-corrected chi connectivity index (χ3v) is 6.75. The van der Waals surface area contributed by atoms with Crippen molar-refractivity contribution in [3.63, 3.8) is 0 Å². The van der Waals surface area contributed by atoms with Crippen LogP contribution in [0.1, 0.15) is 23.5 Å². The number of anilines is 1. The Morgan fingerprint density at radius 1 is 1.07 bits per heavy atom. The van der Waals surface area contributed by atoms with Gasteiger partial charge in [-0.3, -0.25) is 4.90 Å². The molecule has 0 saturated carbocycles. The second kappa shape index (κ2) is 7.99. The topological polar surface area (TPSA) is 69.9 Å². The number of benzene rings is 2. The molecule has 5 rings (SSSR count). The van der Waals surface area contributed by atoms with Gasteiger partial charge in [-0.1, -0.05) is 30.3 Å². The summed E-state index contributed by atoms with van der Waals surface area (Å²) in [5, 5.41) is 2.00. The first kappa shape index (κ1) is 18.4. The van der Waals surface area contributed by atoms with Gasteiger partial charge in [-0.25, -0.2) is 4.72 Å². The first-order chi connectivity index (χ1) is 14.3. The zero-order valence-corrected chi connectivity index (χ0v) is 16.9. The molecule has 4 aromatic rings. The number of aromatic amines is 2. The molecule has 3 heterocycles. The van der Waals surface area contributed by atoms with Gasteiger partial charge in [-0.2, -0.15) is 0 Å². The highest BCUT2D eigenvalue weighted by atomic mass is 32.2. The molecule has 1 fully saturated rings. The molecule has 2 aromatic heterocycles. The third-order valence-electron chi connectivity index (χ3n) is 5.68. The predicted octanol–water partition coefficient (Wildman–Crippen LogP) is 4.62. The van der Waals surface area contributed by atoms with Crippen LogP contribution < -0.4 is 4.72 Å². The molecule has 5 nitrogen and oxygen atoms in total. The van der Waals surface area contributed by atoms with Crippen molar-refractivity contribution in [2.24, 2.45) is 0 Å². The van der Waals surface area contributed by atoms with Crippen LogP contribution >= 0.6 is 0 Å². The maximum absolute atomic E-state index is 12.4. The molecule has 3 N–H and O–H groups in total. The van der Waals surface area contributed by atoms with Crippen molar-refractivity contribution in [3.05, 3.63) is 84.2 Å². The molecule has 0 aliphatic carbocycles. The van der Waals surface area contributed by atoms with E-state index in [0.29, 0.717) is 10.9 Å². The van der Waals surface area contributed by atoms with Crippen molar-refractivity contribution in [3.8, 4) is 0 Å². The number of likely N-dealkylation sites (tertiary alicyclic amines) is 1. The van der Waals surface area contributed by atoms with Gasteiger partial charge in [-0.15, -0.1) is 0 Å². The van der Waals surface area contributed by atoms with Crippen LogP contribution in [0.4, 0.5) is 5.69 Å². The van der Waals surface area contributed by atoms with E-state index in [-0.39, 0.29) is 0 Å². The molecular formula is C23H24N4OS. The minimum Gasteiger partial charge on any atom is -0.587 e. The second-order valence-corrected chi connectivity index (χ2v) is 8.79. The number of rotatable bonds is 6. The van der Waals surface area contributed by atoms with E-state index in [1.54, 1.807) is 6.20 Å². The van der Waals surface area contributed by atoms with E-state index in [9.17, 15) is 4.55 Å². The predicted molar refractivity (Wildman–Crippen MR) is 118 cm³/mol. The lowest BCUT2D eigenvalue weighted by Gasteiger charge is -2.16. The zero-order chi connectivity index (χ0) is 19.6. The lowest BCUT2D eigenvalue weighted by Crippen LogP contribution is -2.19. The maximum Gasteiger partial charge on any atom is 0.249 e. The van der Waals surface area contributed by atoms with Crippen molar-refractivity contribution in [1.82, 2.24) is 14.9 Å². The summed E-state index contributed by atoms with van der Waals surface area (Å²) in [6.07, 6.45) is 5.07. The first-order valence-corrected chi connectivity index (χ1v) is 11.1. The van der Waals surface area contributed by atoms with E-state index in [1.165, 1.54) is 22.0 Å². The van der Waals surface area contributed by atoms with E-state index in [1.807, 2.05) is 24.3 Å². The summed E-state index contributed by atoms with van der Waals surface area (Å²) in [6, 6.07) is 20.5. The van der Waals surface area contributed by atoms with E-state index in [0.717, 1.165) is 31.7 Å². The number of H-pyrrole nitrogens is 2. The van der Waals surface area contributed by atoms with E-state index in [4.69, 9.17) is 0 Å². The normalized spacial score (nSPS) is 18.3. The molecule has 29 heavy (non-hydrogen) atoms. The van der Waals surface area contributed by atoms with Crippen LogP contribution in [0.2, 0.25) is 0 Å². The van der Waals surface area contributed by atoms with Gasteiger partial charge in [0.05, 0.1) is 5.69 Å². The van der Waals surface area contributed by atoms with E-state index < -0.39 is 11.4 Å². The van der Waals surface area contributed by atoms with Crippen molar-refractivity contribution in [2.45, 2.75) is 23.9 Å². The zero-order valence-electron chi connectivity index (χ0n) is 16.1. The fourth-order valence-electron chi connectivity index (χ4n) is 4.20. The molecule has 2 aromatic carbocycles. The smallest absolute Gasteiger partial charge is 0.249 e. The van der Waals surface area contributed by atoms with Crippen molar-refractivity contribution < 1.29 is 4.55 Å². The first-order valence-electron chi connectivity index (χ1n) is 9.95. The van der Waals surface area contributed by atoms with Crippen molar-refractivity contribution in [2.75, 3.05) is 17.8 Å². The summed E-state index contributed by atoms with van der Waals surface area (Å²) in [5.41, 5.74) is 4.76. The van der Waals surface area contributed by atoms with Crippen LogP contribution in [0.25, 0.3) is 10.9 Å². The molecule has 1 aliphatic rings. The third kappa shape index (κ3) is 3.92. The van der Waals surface area contributed by atoms with Gasteiger partial charge in [0.1, 0.15) is 11.4 Å². The molecule has 2 atom stereocenters. The summed E-state index contributed by atoms with van der Waals surface area (Å²) in [6.45, 7) is 3.11. The summed E-state index contributed by atoms with van der Waals surface area (Å²) in [5.74, 6) is 0.501. The fraction of sp³-hybridized carbons (Fsp3) is 0.217. The largest absolute Gasteiger partial charge is 0.587 e. The van der Waals surface area contributed by atoms with Gasteiger partial charge in [0, 0.05) is 42.5 Å². The lowest BCUT2D eigenvalue weighted by molar-refractivity contribution is 0.328. The van der Waals surface area contributed by atoms with Gasteiger partial charge in [0.15, 0.2) is 0 Å². The molecule has 0 spiro atoms. The average molecular weight is 405 g/mol. The van der Waals surface area contributed by atoms with E-state index >= 15 is 0 Å². The van der Waals surface area contributed by atoms with Crippen LogP contribution in [0, 0.1) is 0 Å². The summed E-state index contributed by atoms with van der Waals surface area (Å²) < 4.78 is 15.5. The summed E-state index contributed by atoms with van der Waals surface area (Å²) in [7, 11) is 0. The standard InChI is InChI=1S/C23H24N4OS/c28-29(23-9-4-11-24-23)26-20-6-3-5-17(13-20)18-10-12-27(15-18)16-19-14-25-22-8-2-1-7-21(19)22/h1-9,11,13-14,18,24-26H,10,12,15-16H2. The van der Waals surface area contributed by atoms with Crippen molar-refractivity contribution >= 4 is 28.0 Å². The van der Waals surface area contributed by atoms with Gasteiger partial charge in [-0.05, 0) is 54.3 Å². The Kier molecular flexibility index (Phi) is 5.06. The quantitative estimate of drug-likeness (QED) is 0.411. The van der Waals surface area contributed by atoms with Gasteiger partial charge in [0.2, 0.25) is 5.03 Å². The van der Waals surface area contributed by atoms with E-state index in [2.05, 4.69) is 62.2 Å². The van der Waals surface area contributed by atoms with Crippen LogP contribution in [-0.4, -0.2) is 32.5 Å². The molecular weight excluding hydrogens is 380 g/mol. The Bertz CT molecular complexity index is 1090. The number of aromatic nitrogens is 2.